The third kappa shape index (κ3) is 3.91. The van der Waals surface area contributed by atoms with Gasteiger partial charge in [0, 0.05) is 17.7 Å². The van der Waals surface area contributed by atoms with E-state index in [-0.39, 0.29) is 22.3 Å². The Morgan fingerprint density at radius 2 is 1.64 bits per heavy atom. The van der Waals surface area contributed by atoms with Crippen molar-refractivity contribution in [2.24, 2.45) is 21.2 Å². The lowest BCUT2D eigenvalue weighted by molar-refractivity contribution is -0.140. The zero-order valence-electron chi connectivity index (χ0n) is 17.3. The second kappa shape index (κ2) is 6.11. The van der Waals surface area contributed by atoms with Crippen LogP contribution in [0.4, 0.5) is 0 Å². The van der Waals surface area contributed by atoms with Gasteiger partial charge in [-0.3, -0.25) is 15.1 Å². The molecule has 0 radical (unpaired) electrons. The molecule has 0 aromatic rings. The molecule has 2 heterocycles. The number of aliphatic imine (C=N–C) groups is 1. The Labute approximate surface area is 152 Å². The standard InChI is InChI=1S/C20H35N3O2/c1-18(2,3)14-13-10-21-12(16(24)25)11-23(13)17(20(7,8)9)22-15(14)19(4,5)6/h12,15,21H,10-11H2,1-9H3,(H,24,25). The molecule has 2 unspecified atom stereocenters. The van der Waals surface area contributed by atoms with Gasteiger partial charge in [0.25, 0.3) is 0 Å². The van der Waals surface area contributed by atoms with Gasteiger partial charge in [-0.1, -0.05) is 62.3 Å². The van der Waals surface area contributed by atoms with Crippen LogP contribution in [0.1, 0.15) is 62.3 Å². The molecule has 0 aliphatic carbocycles. The predicted molar refractivity (Wildman–Crippen MR) is 103 cm³/mol. The zero-order valence-corrected chi connectivity index (χ0v) is 17.3. The first-order chi connectivity index (χ1) is 11.1. The molecule has 5 nitrogen and oxygen atoms in total. The number of nitrogens with zero attached hydrogens (tertiary/aromatic N) is 2. The average molecular weight is 350 g/mol. The van der Waals surface area contributed by atoms with E-state index in [9.17, 15) is 9.90 Å². The molecule has 0 aromatic carbocycles. The van der Waals surface area contributed by atoms with E-state index in [4.69, 9.17) is 4.99 Å². The number of carboxylic acid groups (broad SMARTS) is 1. The lowest BCUT2D eigenvalue weighted by atomic mass is 9.70. The van der Waals surface area contributed by atoms with Crippen molar-refractivity contribution in [3.63, 3.8) is 0 Å². The number of carboxylic acids is 1. The van der Waals surface area contributed by atoms with Gasteiger partial charge in [0.05, 0.1) is 12.6 Å². The molecule has 2 aliphatic rings. The molecule has 5 heteroatoms. The number of piperazine rings is 1. The lowest BCUT2D eigenvalue weighted by Crippen LogP contribution is -2.59. The highest BCUT2D eigenvalue weighted by atomic mass is 16.4. The molecule has 2 aliphatic heterocycles. The van der Waals surface area contributed by atoms with Crippen molar-refractivity contribution < 1.29 is 9.90 Å². The molecule has 1 saturated heterocycles. The fourth-order valence-electron chi connectivity index (χ4n) is 3.78. The van der Waals surface area contributed by atoms with Gasteiger partial charge < -0.3 is 10.0 Å². The Morgan fingerprint density at radius 1 is 1.08 bits per heavy atom. The molecular formula is C20H35N3O2. The summed E-state index contributed by atoms with van der Waals surface area (Å²) in [5, 5.41) is 12.7. The molecule has 1 fully saturated rings. The summed E-state index contributed by atoms with van der Waals surface area (Å²) in [5.41, 5.74) is 2.37. The summed E-state index contributed by atoms with van der Waals surface area (Å²) in [4.78, 5) is 18.9. The topological polar surface area (TPSA) is 64.9 Å². The number of rotatable bonds is 1. The van der Waals surface area contributed by atoms with Gasteiger partial charge in [0.15, 0.2) is 0 Å². The van der Waals surface area contributed by atoms with E-state index in [1.54, 1.807) is 0 Å². The van der Waals surface area contributed by atoms with E-state index in [2.05, 4.69) is 72.5 Å². The van der Waals surface area contributed by atoms with Gasteiger partial charge in [-0.25, -0.2) is 0 Å². The summed E-state index contributed by atoms with van der Waals surface area (Å²) in [6.07, 6.45) is 0. The van der Waals surface area contributed by atoms with Gasteiger partial charge in [0.1, 0.15) is 11.9 Å². The number of fused-ring (bicyclic) bond motifs is 1. The minimum Gasteiger partial charge on any atom is -0.480 e. The Kier molecular flexibility index (Phi) is 4.88. The largest absolute Gasteiger partial charge is 0.480 e. The smallest absolute Gasteiger partial charge is 0.322 e. The fourth-order valence-corrected chi connectivity index (χ4v) is 3.78. The van der Waals surface area contributed by atoms with Crippen molar-refractivity contribution in [3.8, 4) is 0 Å². The van der Waals surface area contributed by atoms with Crippen LogP contribution < -0.4 is 5.32 Å². The van der Waals surface area contributed by atoms with Crippen LogP contribution >= 0.6 is 0 Å². The number of nitrogens with one attached hydrogen (secondary N) is 1. The molecule has 25 heavy (non-hydrogen) atoms. The van der Waals surface area contributed by atoms with E-state index in [1.807, 2.05) is 0 Å². The van der Waals surface area contributed by atoms with E-state index in [0.717, 1.165) is 5.84 Å². The van der Waals surface area contributed by atoms with Crippen LogP contribution in [0.25, 0.3) is 0 Å². The van der Waals surface area contributed by atoms with Crippen molar-refractivity contribution in [2.45, 2.75) is 74.4 Å². The first kappa shape index (κ1) is 20.0. The summed E-state index contributed by atoms with van der Waals surface area (Å²) in [7, 11) is 0. The van der Waals surface area contributed by atoms with Gasteiger partial charge in [0.2, 0.25) is 0 Å². The Balaban J connectivity index is 2.66. The monoisotopic (exact) mass is 349 g/mol. The Morgan fingerprint density at radius 3 is 2.04 bits per heavy atom. The maximum atomic E-state index is 11.5. The highest BCUT2D eigenvalue weighted by molar-refractivity contribution is 5.91. The van der Waals surface area contributed by atoms with Crippen molar-refractivity contribution in [3.05, 3.63) is 11.3 Å². The summed E-state index contributed by atoms with van der Waals surface area (Å²) in [5.74, 6) is 0.200. The SMILES string of the molecule is CC(C)(C)C1=NC(C(C)(C)C)C(C(C)(C)C)=C2CNC(C(=O)O)CN12. The van der Waals surface area contributed by atoms with Crippen LogP contribution in [0.3, 0.4) is 0 Å². The van der Waals surface area contributed by atoms with Crippen molar-refractivity contribution in [1.29, 1.82) is 0 Å². The summed E-state index contributed by atoms with van der Waals surface area (Å²) < 4.78 is 0. The van der Waals surface area contributed by atoms with Crippen LogP contribution in [-0.4, -0.2) is 47.0 Å². The summed E-state index contributed by atoms with van der Waals surface area (Å²) in [6, 6.07) is -0.472. The van der Waals surface area contributed by atoms with Crippen LogP contribution in [0.15, 0.2) is 16.3 Å². The molecule has 0 saturated carbocycles. The molecule has 0 bridgehead atoms. The van der Waals surface area contributed by atoms with Gasteiger partial charge >= 0.3 is 5.97 Å². The summed E-state index contributed by atoms with van der Waals surface area (Å²) >= 11 is 0. The van der Waals surface area contributed by atoms with Crippen LogP contribution in [0.2, 0.25) is 0 Å². The molecule has 142 valence electrons. The number of amidine groups is 1. The number of hydrogen-bond acceptors (Lipinski definition) is 4. The number of hydrogen-bond donors (Lipinski definition) is 2. The predicted octanol–water partition coefficient (Wildman–Crippen LogP) is 3.52. The van der Waals surface area contributed by atoms with Crippen LogP contribution in [0, 0.1) is 16.2 Å². The Bertz CT molecular complexity index is 612. The highest BCUT2D eigenvalue weighted by Crippen LogP contribution is 2.45. The zero-order chi connectivity index (χ0) is 19.4. The molecule has 0 aromatic heterocycles. The quantitative estimate of drug-likeness (QED) is 0.760. The molecular weight excluding hydrogens is 314 g/mol. The molecule has 2 rings (SSSR count). The maximum absolute atomic E-state index is 11.5. The van der Waals surface area contributed by atoms with E-state index in [0.29, 0.717) is 13.1 Å². The normalized spacial score (nSPS) is 25.6. The first-order valence-electron chi connectivity index (χ1n) is 9.19. The van der Waals surface area contributed by atoms with Gasteiger partial charge in [-0.2, -0.15) is 0 Å². The number of carbonyl (C=O) groups is 1. The second-order valence-corrected chi connectivity index (χ2v) is 10.5. The maximum Gasteiger partial charge on any atom is 0.322 e. The number of aliphatic carboxylic acids is 1. The van der Waals surface area contributed by atoms with Crippen molar-refractivity contribution in [2.75, 3.05) is 13.1 Å². The third-order valence-electron chi connectivity index (χ3n) is 4.90. The fraction of sp³-hybridized carbons (Fsp3) is 0.800. The molecule has 2 N–H and O–H groups in total. The van der Waals surface area contributed by atoms with Crippen LogP contribution in [0.5, 0.6) is 0 Å². The van der Waals surface area contributed by atoms with Crippen LogP contribution in [-0.2, 0) is 4.79 Å². The Hall–Kier alpha value is -1.36. The third-order valence-corrected chi connectivity index (χ3v) is 4.90. The first-order valence-corrected chi connectivity index (χ1v) is 9.19. The van der Waals surface area contributed by atoms with Gasteiger partial charge in [-0.15, -0.1) is 0 Å². The molecule has 2 atom stereocenters. The van der Waals surface area contributed by atoms with Crippen molar-refractivity contribution >= 4 is 11.8 Å². The summed E-state index contributed by atoms with van der Waals surface area (Å²) in [6.45, 7) is 20.9. The lowest BCUT2D eigenvalue weighted by Gasteiger charge is -2.50. The van der Waals surface area contributed by atoms with Crippen molar-refractivity contribution in [1.82, 2.24) is 10.2 Å². The minimum atomic E-state index is -0.803. The second-order valence-electron chi connectivity index (χ2n) is 10.5. The van der Waals surface area contributed by atoms with Gasteiger partial charge in [-0.05, 0) is 16.4 Å². The van der Waals surface area contributed by atoms with E-state index in [1.165, 1.54) is 11.3 Å². The van der Waals surface area contributed by atoms with E-state index >= 15 is 0 Å². The molecule has 0 spiro atoms. The van der Waals surface area contributed by atoms with E-state index < -0.39 is 12.0 Å². The molecule has 0 amide bonds. The average Bonchev–Trinajstić information content (AvgIpc) is 2.41. The highest BCUT2D eigenvalue weighted by Gasteiger charge is 2.45. The minimum absolute atomic E-state index is 0.00184.